The van der Waals surface area contributed by atoms with Gasteiger partial charge in [-0.05, 0) is 48.4 Å². The minimum absolute atomic E-state index is 0.0438. The van der Waals surface area contributed by atoms with E-state index >= 15 is 0 Å². The molecule has 0 heterocycles. The number of unbranched alkanes of at least 4 members (excludes halogenated alkanes) is 1. The molecule has 0 spiro atoms. The van der Waals surface area contributed by atoms with Crippen LogP contribution in [0.4, 0.5) is 11.4 Å². The lowest BCUT2D eigenvalue weighted by atomic mass is 10.1. The van der Waals surface area contributed by atoms with Crippen LogP contribution < -0.4 is 20.5 Å². The van der Waals surface area contributed by atoms with Gasteiger partial charge in [-0.2, -0.15) is 0 Å². The van der Waals surface area contributed by atoms with Crippen LogP contribution in [0.5, 0.6) is 11.5 Å². The molecule has 7 heteroatoms. The van der Waals surface area contributed by atoms with Crippen molar-refractivity contribution in [3.8, 4) is 11.5 Å². The maximum atomic E-state index is 12.4. The highest BCUT2D eigenvalue weighted by Gasteiger charge is 2.21. The maximum Gasteiger partial charge on any atom is 0.241 e. The van der Waals surface area contributed by atoms with Crippen molar-refractivity contribution in [2.75, 3.05) is 17.2 Å². The Balaban J connectivity index is 1.99. The van der Waals surface area contributed by atoms with Crippen molar-refractivity contribution in [1.82, 2.24) is 0 Å². The predicted molar refractivity (Wildman–Crippen MR) is 121 cm³/mol. The van der Waals surface area contributed by atoms with Gasteiger partial charge in [-0.3, -0.25) is 0 Å². The van der Waals surface area contributed by atoms with E-state index < -0.39 is 10.0 Å². The Bertz CT molecular complexity index is 1060. The fourth-order valence-electron chi connectivity index (χ4n) is 2.98. The van der Waals surface area contributed by atoms with Gasteiger partial charge in [0, 0.05) is 18.8 Å². The maximum absolute atomic E-state index is 12.4. The average Bonchev–Trinajstić information content (AvgIpc) is 2.74. The summed E-state index contributed by atoms with van der Waals surface area (Å²) in [4.78, 5) is -0.0438. The van der Waals surface area contributed by atoms with Crippen LogP contribution in [0.25, 0.3) is 0 Å². The molecule has 6 nitrogen and oxygen atoms in total. The van der Waals surface area contributed by atoms with Crippen LogP contribution in [0.3, 0.4) is 0 Å². The van der Waals surface area contributed by atoms with Gasteiger partial charge in [0.2, 0.25) is 10.0 Å². The molecule has 3 aromatic carbocycles. The molecule has 0 aliphatic carbocycles. The zero-order valence-corrected chi connectivity index (χ0v) is 17.8. The molecule has 0 radical (unpaired) electrons. The normalized spacial score (nSPS) is 11.1. The van der Waals surface area contributed by atoms with Crippen molar-refractivity contribution in [3.63, 3.8) is 0 Å². The number of nitrogens with one attached hydrogen (secondary N) is 2. The summed E-state index contributed by atoms with van der Waals surface area (Å²) in [5.41, 5.74) is 2.32. The molecule has 0 saturated carbocycles. The monoisotopic (exact) mass is 425 g/mol. The number of hydrogen-bond donors (Lipinski definition) is 3. The SMILES string of the molecule is CCCCNc1cc(CNc2ccccc2)cc(S(N)(=O)=O)c1Oc1ccccc1. The molecule has 0 unspecified atom stereocenters. The lowest BCUT2D eigenvalue weighted by molar-refractivity contribution is 0.469. The van der Waals surface area contributed by atoms with E-state index in [1.165, 1.54) is 0 Å². The van der Waals surface area contributed by atoms with E-state index in [0.29, 0.717) is 24.5 Å². The summed E-state index contributed by atoms with van der Waals surface area (Å²) < 4.78 is 30.8. The molecule has 0 fully saturated rings. The van der Waals surface area contributed by atoms with Crippen molar-refractivity contribution >= 4 is 21.4 Å². The molecule has 0 amide bonds. The summed E-state index contributed by atoms with van der Waals surface area (Å²) in [5, 5.41) is 12.2. The van der Waals surface area contributed by atoms with E-state index in [-0.39, 0.29) is 10.6 Å². The molecule has 3 aromatic rings. The van der Waals surface area contributed by atoms with Gasteiger partial charge in [0.1, 0.15) is 10.6 Å². The van der Waals surface area contributed by atoms with Gasteiger partial charge in [-0.15, -0.1) is 0 Å². The summed E-state index contributed by atoms with van der Waals surface area (Å²) in [6.07, 6.45) is 1.96. The van der Waals surface area contributed by atoms with E-state index in [0.717, 1.165) is 24.1 Å². The Hall–Kier alpha value is -3.03. The topological polar surface area (TPSA) is 93.5 Å². The van der Waals surface area contributed by atoms with Crippen LogP contribution in [0.2, 0.25) is 0 Å². The molecule has 0 aliphatic heterocycles. The molecule has 4 N–H and O–H groups in total. The van der Waals surface area contributed by atoms with E-state index in [9.17, 15) is 8.42 Å². The first-order valence-corrected chi connectivity index (χ1v) is 11.5. The molecule has 0 saturated heterocycles. The summed E-state index contributed by atoms with van der Waals surface area (Å²) in [6.45, 7) is 3.24. The number of benzene rings is 3. The second-order valence-corrected chi connectivity index (χ2v) is 8.46. The summed E-state index contributed by atoms with van der Waals surface area (Å²) in [7, 11) is -4.00. The van der Waals surface area contributed by atoms with Crippen LogP contribution in [-0.4, -0.2) is 15.0 Å². The molecule has 3 rings (SSSR count). The minimum atomic E-state index is -4.00. The highest BCUT2D eigenvalue weighted by molar-refractivity contribution is 7.89. The fraction of sp³-hybridized carbons (Fsp3) is 0.217. The van der Waals surface area contributed by atoms with Crippen LogP contribution in [0.15, 0.2) is 77.7 Å². The first kappa shape index (κ1) is 21.7. The molecule has 0 atom stereocenters. The third-order valence-corrected chi connectivity index (χ3v) is 5.42. The summed E-state index contributed by atoms with van der Waals surface area (Å²) in [6, 6.07) is 22.2. The van der Waals surface area contributed by atoms with Crippen molar-refractivity contribution in [2.45, 2.75) is 31.2 Å². The van der Waals surface area contributed by atoms with Crippen LogP contribution in [0.1, 0.15) is 25.3 Å². The Morgan fingerprint density at radius 3 is 2.23 bits per heavy atom. The van der Waals surface area contributed by atoms with Crippen molar-refractivity contribution in [2.24, 2.45) is 5.14 Å². The van der Waals surface area contributed by atoms with Crippen LogP contribution in [0, 0.1) is 0 Å². The first-order valence-electron chi connectivity index (χ1n) is 9.93. The Morgan fingerprint density at radius 1 is 0.933 bits per heavy atom. The zero-order valence-electron chi connectivity index (χ0n) is 17.0. The second kappa shape index (κ2) is 10.1. The van der Waals surface area contributed by atoms with E-state index in [4.69, 9.17) is 9.88 Å². The molecular formula is C23H27N3O3S. The van der Waals surface area contributed by atoms with Gasteiger partial charge >= 0.3 is 0 Å². The van der Waals surface area contributed by atoms with Gasteiger partial charge in [0.05, 0.1) is 5.69 Å². The van der Waals surface area contributed by atoms with Gasteiger partial charge in [-0.25, -0.2) is 13.6 Å². The number of sulfonamides is 1. The number of hydrogen-bond acceptors (Lipinski definition) is 5. The highest BCUT2D eigenvalue weighted by atomic mass is 32.2. The molecule has 0 aliphatic rings. The van der Waals surface area contributed by atoms with Crippen LogP contribution >= 0.6 is 0 Å². The van der Waals surface area contributed by atoms with Crippen LogP contribution in [-0.2, 0) is 16.6 Å². The van der Waals surface area contributed by atoms with Gasteiger partial charge in [-0.1, -0.05) is 49.7 Å². The van der Waals surface area contributed by atoms with Crippen molar-refractivity contribution in [1.29, 1.82) is 0 Å². The van der Waals surface area contributed by atoms with Crippen molar-refractivity contribution in [3.05, 3.63) is 78.4 Å². The molecule has 30 heavy (non-hydrogen) atoms. The Labute approximate surface area is 178 Å². The largest absolute Gasteiger partial charge is 0.454 e. The van der Waals surface area contributed by atoms with E-state index in [1.807, 2.05) is 54.6 Å². The molecule has 158 valence electrons. The number of ether oxygens (including phenoxy) is 1. The van der Waals surface area contributed by atoms with E-state index in [2.05, 4.69) is 17.6 Å². The van der Waals surface area contributed by atoms with Crippen molar-refractivity contribution < 1.29 is 13.2 Å². The standard InChI is InChI=1S/C23H27N3O3S/c1-2-3-14-25-21-15-18(17-26-19-10-6-4-7-11-19)16-22(30(24,27)28)23(21)29-20-12-8-5-9-13-20/h4-13,15-16,25-26H,2-3,14,17H2,1H3,(H2,24,27,28). The number of anilines is 2. The first-order chi connectivity index (χ1) is 14.5. The third-order valence-electron chi connectivity index (χ3n) is 4.50. The molecule has 0 aromatic heterocycles. The second-order valence-electron chi connectivity index (χ2n) is 6.93. The van der Waals surface area contributed by atoms with Gasteiger partial charge in [0.25, 0.3) is 0 Å². The molecule has 0 bridgehead atoms. The highest BCUT2D eigenvalue weighted by Crippen LogP contribution is 2.37. The number of primary sulfonamides is 1. The summed E-state index contributed by atoms with van der Waals surface area (Å²) in [5.74, 6) is 0.749. The quantitative estimate of drug-likeness (QED) is 0.400. The smallest absolute Gasteiger partial charge is 0.241 e. The molecular weight excluding hydrogens is 398 g/mol. The Kier molecular flexibility index (Phi) is 7.32. The lowest BCUT2D eigenvalue weighted by Gasteiger charge is -2.18. The zero-order chi connectivity index (χ0) is 21.4. The van der Waals surface area contributed by atoms with E-state index in [1.54, 1.807) is 18.2 Å². The van der Waals surface area contributed by atoms with Gasteiger partial charge in [0.15, 0.2) is 5.75 Å². The Morgan fingerprint density at radius 2 is 1.60 bits per heavy atom. The lowest BCUT2D eigenvalue weighted by Crippen LogP contribution is -2.16. The minimum Gasteiger partial charge on any atom is -0.454 e. The number of rotatable bonds is 10. The fourth-order valence-corrected chi connectivity index (χ4v) is 3.70. The predicted octanol–water partition coefficient (Wildman–Crippen LogP) is 4.95. The average molecular weight is 426 g/mol. The number of nitrogens with two attached hydrogens (primary N) is 1. The summed E-state index contributed by atoms with van der Waals surface area (Å²) >= 11 is 0. The number of para-hydroxylation sites is 2. The van der Waals surface area contributed by atoms with Gasteiger partial charge < -0.3 is 15.4 Å². The third kappa shape index (κ3) is 5.98.